The van der Waals surface area contributed by atoms with Crippen molar-refractivity contribution in [3.05, 3.63) is 12.2 Å². The molecule has 0 rings (SSSR count). The molecule has 0 radical (unpaired) electrons. The van der Waals surface area contributed by atoms with E-state index in [2.05, 4.69) is 24.1 Å². The summed E-state index contributed by atoms with van der Waals surface area (Å²) in [6.45, 7) is 4.63. The summed E-state index contributed by atoms with van der Waals surface area (Å²) in [4.78, 5) is 22.8. The summed E-state index contributed by atoms with van der Waals surface area (Å²) in [6.07, 6.45) is 0.156. The molecule has 0 aliphatic rings. The van der Waals surface area contributed by atoms with E-state index in [9.17, 15) is 9.59 Å². The number of rotatable bonds is 3. The van der Waals surface area contributed by atoms with Crippen LogP contribution in [0.4, 0.5) is 0 Å². The summed E-state index contributed by atoms with van der Waals surface area (Å²) < 4.78 is 0. The van der Waals surface area contributed by atoms with Crippen molar-refractivity contribution in [2.24, 2.45) is 0 Å². The van der Waals surface area contributed by atoms with Crippen molar-refractivity contribution >= 4 is 24.6 Å². The first kappa shape index (κ1) is 14.5. The van der Waals surface area contributed by atoms with E-state index in [1.807, 2.05) is 0 Å². The van der Waals surface area contributed by atoms with Crippen LogP contribution in [0, 0.1) is 0 Å². The van der Waals surface area contributed by atoms with Gasteiger partial charge in [-0.1, -0.05) is 6.58 Å². The van der Waals surface area contributed by atoms with E-state index in [-0.39, 0.29) is 12.0 Å². The molecule has 0 unspecified atom stereocenters. The van der Waals surface area contributed by atoms with Crippen LogP contribution in [0.15, 0.2) is 12.2 Å². The topological polar surface area (TPSA) is 83.8 Å². The molecule has 0 heterocycles. The normalized spacial score (nSPS) is 7.92. The second-order valence-corrected chi connectivity index (χ2v) is 2.47. The number of carbonyl (C=O) groups excluding carboxylic acids is 1. The zero-order valence-electron chi connectivity index (χ0n) is 7.19. The largest absolute Gasteiger partial charge is 0.481 e. The molecule has 76 valence electrons. The van der Waals surface area contributed by atoms with Crippen molar-refractivity contribution < 1.29 is 24.8 Å². The quantitative estimate of drug-likeness (QED) is 0.278. The van der Waals surface area contributed by atoms with Crippen molar-refractivity contribution in [2.75, 3.05) is 5.75 Å². The lowest BCUT2D eigenvalue weighted by atomic mass is 10.4. The van der Waals surface area contributed by atoms with E-state index in [1.165, 1.54) is 6.92 Å². The van der Waals surface area contributed by atoms with Gasteiger partial charge in [0, 0.05) is 11.3 Å². The Morgan fingerprint density at radius 3 is 2.00 bits per heavy atom. The zero-order chi connectivity index (χ0) is 10.9. The lowest BCUT2D eigenvalue weighted by molar-refractivity contribution is -0.229. The molecule has 0 aromatic heterocycles. The molecule has 0 aromatic rings. The Labute approximate surface area is 81.4 Å². The number of thiol groups is 1. The molecule has 0 amide bonds. The lowest BCUT2D eigenvalue weighted by Gasteiger charge is -1.88. The van der Waals surface area contributed by atoms with Crippen LogP contribution in [0.5, 0.6) is 0 Å². The highest BCUT2D eigenvalue weighted by molar-refractivity contribution is 7.80. The van der Waals surface area contributed by atoms with Gasteiger partial charge in [0.15, 0.2) is 0 Å². The molecule has 0 fully saturated rings. The molecule has 5 nitrogen and oxygen atoms in total. The molecule has 0 saturated heterocycles. The highest BCUT2D eigenvalue weighted by Crippen LogP contribution is 1.86. The average Bonchev–Trinajstić information content (AvgIpc) is 2.03. The maximum atomic E-state index is 9.94. The lowest BCUT2D eigenvalue weighted by Crippen LogP contribution is -1.99. The molecule has 0 atom stereocenters. The monoisotopic (exact) mass is 208 g/mol. The summed E-state index contributed by atoms with van der Waals surface area (Å²) in [6, 6.07) is 0. The Bertz CT molecular complexity index is 189. The first-order chi connectivity index (χ1) is 5.95. The number of hydrogen-bond donors (Lipinski definition) is 3. The Balaban J connectivity index is 0. The van der Waals surface area contributed by atoms with Gasteiger partial charge >= 0.3 is 11.9 Å². The second-order valence-electron chi connectivity index (χ2n) is 2.03. The van der Waals surface area contributed by atoms with Crippen LogP contribution in [0.2, 0.25) is 0 Å². The van der Waals surface area contributed by atoms with Gasteiger partial charge in [-0.3, -0.25) is 9.68 Å². The maximum Gasteiger partial charge on any atom is 0.367 e. The molecule has 0 aliphatic carbocycles. The highest BCUT2D eigenvalue weighted by atomic mass is 32.1. The minimum absolute atomic E-state index is 0.156. The van der Waals surface area contributed by atoms with Gasteiger partial charge in [0.2, 0.25) is 0 Å². The van der Waals surface area contributed by atoms with E-state index < -0.39 is 11.9 Å². The van der Waals surface area contributed by atoms with Crippen LogP contribution in [-0.4, -0.2) is 28.1 Å². The van der Waals surface area contributed by atoms with Crippen molar-refractivity contribution in [1.82, 2.24) is 0 Å². The molecule has 0 saturated carbocycles. The fourth-order valence-electron chi connectivity index (χ4n) is 0.174. The van der Waals surface area contributed by atoms with Gasteiger partial charge in [0.25, 0.3) is 0 Å². The van der Waals surface area contributed by atoms with Crippen molar-refractivity contribution in [3.63, 3.8) is 0 Å². The molecule has 0 aromatic carbocycles. The summed E-state index contributed by atoms with van der Waals surface area (Å²) >= 11 is 3.68. The third kappa shape index (κ3) is 13.9. The van der Waals surface area contributed by atoms with Gasteiger partial charge in [-0.2, -0.15) is 17.9 Å². The zero-order valence-corrected chi connectivity index (χ0v) is 8.08. The molecular weight excluding hydrogens is 196 g/mol. The van der Waals surface area contributed by atoms with E-state index >= 15 is 0 Å². The number of hydrogen-bond acceptors (Lipinski definition) is 5. The molecule has 0 bridgehead atoms. The van der Waals surface area contributed by atoms with E-state index in [4.69, 9.17) is 10.4 Å². The Kier molecular flexibility index (Phi) is 10.1. The third-order valence-electron chi connectivity index (χ3n) is 0.757. The van der Waals surface area contributed by atoms with Gasteiger partial charge in [0.05, 0.1) is 6.42 Å². The fourth-order valence-corrected chi connectivity index (χ4v) is 0.365. The van der Waals surface area contributed by atoms with Gasteiger partial charge in [-0.15, -0.1) is 0 Å². The van der Waals surface area contributed by atoms with E-state index in [0.717, 1.165) is 0 Å². The fraction of sp³-hybridized carbons (Fsp3) is 0.429. The minimum Gasteiger partial charge on any atom is -0.481 e. The number of aliphatic carboxylic acids is 1. The number of carboxylic acid groups (broad SMARTS) is 1. The first-order valence-electron chi connectivity index (χ1n) is 3.29. The van der Waals surface area contributed by atoms with Crippen molar-refractivity contribution in [3.8, 4) is 0 Å². The van der Waals surface area contributed by atoms with Crippen molar-refractivity contribution in [1.29, 1.82) is 0 Å². The average molecular weight is 208 g/mol. The standard InChI is InChI=1S/C4H6O3.C3H6O2S/c1-3(2)4(5)7-6;4-3(5)1-2-6/h6H,1H2,2H3;6H,1-2H2,(H,4,5). The molecule has 13 heavy (non-hydrogen) atoms. The summed E-state index contributed by atoms with van der Waals surface area (Å²) in [5.41, 5.74) is 0.183. The van der Waals surface area contributed by atoms with Crippen LogP contribution in [-0.2, 0) is 14.5 Å². The number of carboxylic acids is 1. The summed E-state index contributed by atoms with van der Waals surface area (Å²) in [5.74, 6) is -1.15. The van der Waals surface area contributed by atoms with E-state index in [1.54, 1.807) is 0 Å². The third-order valence-corrected chi connectivity index (χ3v) is 0.981. The smallest absolute Gasteiger partial charge is 0.367 e. The first-order valence-corrected chi connectivity index (χ1v) is 3.92. The minimum atomic E-state index is -0.792. The van der Waals surface area contributed by atoms with E-state index in [0.29, 0.717) is 5.75 Å². The Morgan fingerprint density at radius 1 is 1.54 bits per heavy atom. The van der Waals surface area contributed by atoms with Crippen LogP contribution >= 0.6 is 12.6 Å². The van der Waals surface area contributed by atoms with Gasteiger partial charge in [-0.25, -0.2) is 4.79 Å². The van der Waals surface area contributed by atoms with Crippen LogP contribution in [0.1, 0.15) is 13.3 Å². The predicted molar refractivity (Wildman–Crippen MR) is 49.6 cm³/mol. The van der Waals surface area contributed by atoms with Gasteiger partial charge in [-0.05, 0) is 6.92 Å². The van der Waals surface area contributed by atoms with Crippen molar-refractivity contribution in [2.45, 2.75) is 13.3 Å². The Hall–Kier alpha value is -1.01. The van der Waals surface area contributed by atoms with Crippen LogP contribution < -0.4 is 0 Å². The summed E-state index contributed by atoms with van der Waals surface area (Å²) in [7, 11) is 0. The highest BCUT2D eigenvalue weighted by Gasteiger charge is 1.98. The van der Waals surface area contributed by atoms with Gasteiger partial charge in [0.1, 0.15) is 0 Å². The predicted octanol–water partition coefficient (Wildman–Crippen LogP) is 0.970. The SMILES string of the molecule is C=C(C)C(=O)OO.O=C(O)CCS. The molecule has 2 N–H and O–H groups in total. The molecule has 0 aliphatic heterocycles. The molecule has 0 spiro atoms. The summed E-state index contributed by atoms with van der Waals surface area (Å²) in [5, 5.41) is 15.5. The Morgan fingerprint density at radius 2 is 2.00 bits per heavy atom. The van der Waals surface area contributed by atoms with Gasteiger partial charge < -0.3 is 5.11 Å². The molecule has 6 heteroatoms. The van der Waals surface area contributed by atoms with Crippen LogP contribution in [0.25, 0.3) is 0 Å². The molecular formula is C7H12O5S. The van der Waals surface area contributed by atoms with Crippen LogP contribution in [0.3, 0.4) is 0 Å². The second kappa shape index (κ2) is 9.08. The maximum absolute atomic E-state index is 9.94. The number of carbonyl (C=O) groups is 2.